The molecule has 1 heterocycles. The predicted molar refractivity (Wildman–Crippen MR) is 73.1 cm³/mol. The summed E-state index contributed by atoms with van der Waals surface area (Å²) in [4.78, 5) is 1.90. The van der Waals surface area contributed by atoms with E-state index in [1.54, 1.807) is 25.1 Å². The van der Waals surface area contributed by atoms with Crippen molar-refractivity contribution in [3.8, 4) is 0 Å². The van der Waals surface area contributed by atoms with Crippen LogP contribution in [0.2, 0.25) is 5.02 Å². The molecule has 0 amide bonds. The molecule has 1 atom stereocenters. The van der Waals surface area contributed by atoms with E-state index < -0.39 is 18.2 Å². The Balaban J connectivity index is 2.06. The van der Waals surface area contributed by atoms with Gasteiger partial charge in [-0.25, -0.2) is 0 Å². The molecule has 0 aliphatic carbocycles. The highest BCUT2D eigenvalue weighted by atomic mass is 35.5. The Bertz CT molecular complexity index is 468. The van der Waals surface area contributed by atoms with Gasteiger partial charge in [0.25, 0.3) is 0 Å². The lowest BCUT2D eigenvalue weighted by molar-refractivity contribution is -0.179. The van der Waals surface area contributed by atoms with Gasteiger partial charge < -0.3 is 10.0 Å². The lowest BCUT2D eigenvalue weighted by Gasteiger charge is -2.34. The van der Waals surface area contributed by atoms with Crippen LogP contribution in [-0.2, 0) is 0 Å². The Morgan fingerprint density at radius 2 is 1.90 bits per heavy atom. The summed E-state index contributed by atoms with van der Waals surface area (Å²) < 4.78 is 37.8. The average Bonchev–Trinajstić information content (AvgIpc) is 2.37. The van der Waals surface area contributed by atoms with Crippen LogP contribution in [0.1, 0.15) is 31.4 Å². The van der Waals surface area contributed by atoms with Gasteiger partial charge in [-0.15, -0.1) is 0 Å². The van der Waals surface area contributed by atoms with E-state index in [4.69, 9.17) is 11.6 Å². The molecule has 112 valence electrons. The number of aliphatic hydroxyl groups is 1. The monoisotopic (exact) mass is 307 g/mol. The summed E-state index contributed by atoms with van der Waals surface area (Å²) in [5.74, 6) is -1.20. The molecule has 1 aromatic carbocycles. The fraction of sp³-hybridized carbons (Fsp3) is 0.571. The van der Waals surface area contributed by atoms with E-state index in [0.29, 0.717) is 23.7 Å². The molecule has 2 rings (SSSR count). The number of alkyl halides is 3. The first-order chi connectivity index (χ1) is 9.29. The molecule has 0 radical (unpaired) electrons. The SMILES string of the molecule is CC(O)c1ccc(N2CCC(C(F)(F)F)CC2)cc1Cl. The van der Waals surface area contributed by atoms with E-state index in [0.717, 1.165) is 5.69 Å². The Labute approximate surface area is 121 Å². The molecule has 1 fully saturated rings. The molecule has 1 aliphatic rings. The maximum atomic E-state index is 12.6. The highest BCUT2D eigenvalue weighted by molar-refractivity contribution is 6.31. The van der Waals surface area contributed by atoms with Gasteiger partial charge in [0.15, 0.2) is 0 Å². The minimum atomic E-state index is -4.10. The summed E-state index contributed by atoms with van der Waals surface area (Å²) in [6.45, 7) is 2.36. The van der Waals surface area contributed by atoms with Crippen molar-refractivity contribution < 1.29 is 18.3 Å². The summed E-state index contributed by atoms with van der Waals surface area (Å²) in [5, 5.41) is 9.95. The van der Waals surface area contributed by atoms with Gasteiger partial charge in [0.05, 0.1) is 12.0 Å². The number of nitrogens with zero attached hydrogens (tertiary/aromatic N) is 1. The summed E-state index contributed by atoms with van der Waals surface area (Å²) in [7, 11) is 0. The Morgan fingerprint density at radius 1 is 1.30 bits per heavy atom. The first-order valence-corrected chi connectivity index (χ1v) is 6.96. The zero-order valence-corrected chi connectivity index (χ0v) is 11.9. The standard InChI is InChI=1S/C14H17ClF3NO/c1-9(20)12-3-2-11(8-13(12)15)19-6-4-10(5-7-19)14(16,17)18/h2-3,8-10,20H,4-7H2,1H3. The molecule has 2 nitrogen and oxygen atoms in total. The smallest absolute Gasteiger partial charge is 0.389 e. The van der Waals surface area contributed by atoms with Crippen molar-refractivity contribution >= 4 is 17.3 Å². The van der Waals surface area contributed by atoms with Gasteiger partial charge in [0.2, 0.25) is 0 Å². The maximum absolute atomic E-state index is 12.6. The lowest BCUT2D eigenvalue weighted by Crippen LogP contribution is -2.39. The first kappa shape index (κ1) is 15.4. The van der Waals surface area contributed by atoms with Gasteiger partial charge in [0, 0.05) is 23.8 Å². The highest BCUT2D eigenvalue weighted by Gasteiger charge is 2.41. The predicted octanol–water partition coefficient (Wildman–Crippen LogP) is 4.17. The molecule has 6 heteroatoms. The van der Waals surface area contributed by atoms with Gasteiger partial charge in [-0.05, 0) is 37.5 Å². The third-order valence-electron chi connectivity index (χ3n) is 3.76. The van der Waals surface area contributed by atoms with Crippen molar-refractivity contribution in [3.63, 3.8) is 0 Å². The Morgan fingerprint density at radius 3 is 2.35 bits per heavy atom. The number of anilines is 1. The minimum absolute atomic E-state index is 0.110. The third-order valence-corrected chi connectivity index (χ3v) is 4.08. The topological polar surface area (TPSA) is 23.5 Å². The number of aliphatic hydroxyl groups excluding tert-OH is 1. The number of hydrogen-bond donors (Lipinski definition) is 1. The quantitative estimate of drug-likeness (QED) is 0.886. The molecule has 0 saturated carbocycles. The van der Waals surface area contributed by atoms with E-state index in [9.17, 15) is 18.3 Å². The molecule has 0 bridgehead atoms. The van der Waals surface area contributed by atoms with E-state index in [1.165, 1.54) is 0 Å². The summed E-state index contributed by atoms with van der Waals surface area (Å²) in [6, 6.07) is 5.22. The van der Waals surface area contributed by atoms with Gasteiger partial charge in [-0.2, -0.15) is 13.2 Å². The average molecular weight is 308 g/mol. The van der Waals surface area contributed by atoms with Gasteiger partial charge in [-0.1, -0.05) is 17.7 Å². The molecule has 1 N–H and O–H groups in total. The maximum Gasteiger partial charge on any atom is 0.391 e. The first-order valence-electron chi connectivity index (χ1n) is 6.58. The van der Waals surface area contributed by atoms with E-state index in [-0.39, 0.29) is 12.8 Å². The lowest BCUT2D eigenvalue weighted by atomic mass is 9.96. The van der Waals surface area contributed by atoms with Crippen molar-refractivity contribution in [2.45, 2.75) is 32.0 Å². The van der Waals surface area contributed by atoms with E-state index in [1.807, 2.05) is 4.90 Å². The second kappa shape index (κ2) is 5.82. The van der Waals surface area contributed by atoms with Gasteiger partial charge in [-0.3, -0.25) is 0 Å². The van der Waals surface area contributed by atoms with Crippen LogP contribution in [0.5, 0.6) is 0 Å². The normalized spacial score (nSPS) is 19.2. The second-order valence-corrected chi connectivity index (χ2v) is 5.59. The Kier molecular flexibility index (Phi) is 4.49. The van der Waals surface area contributed by atoms with Crippen molar-refractivity contribution in [1.29, 1.82) is 0 Å². The number of hydrogen-bond acceptors (Lipinski definition) is 2. The molecule has 1 aromatic rings. The summed E-state index contributed by atoms with van der Waals surface area (Å²) in [5.41, 5.74) is 1.43. The van der Waals surface area contributed by atoms with Crippen molar-refractivity contribution in [2.24, 2.45) is 5.92 Å². The summed E-state index contributed by atoms with van der Waals surface area (Å²) >= 11 is 6.08. The van der Waals surface area contributed by atoms with Crippen LogP contribution in [0, 0.1) is 5.92 Å². The molecule has 1 unspecified atom stereocenters. The van der Waals surface area contributed by atoms with Crippen molar-refractivity contribution in [3.05, 3.63) is 28.8 Å². The molecule has 0 spiro atoms. The van der Waals surface area contributed by atoms with Crippen LogP contribution in [0.3, 0.4) is 0 Å². The zero-order chi connectivity index (χ0) is 14.9. The van der Waals surface area contributed by atoms with Crippen molar-refractivity contribution in [1.82, 2.24) is 0 Å². The molecular weight excluding hydrogens is 291 g/mol. The van der Waals surface area contributed by atoms with Gasteiger partial charge in [0.1, 0.15) is 0 Å². The number of rotatable bonds is 2. The summed E-state index contributed by atoms with van der Waals surface area (Å²) in [6.07, 6.45) is -4.54. The van der Waals surface area contributed by atoms with E-state index in [2.05, 4.69) is 0 Å². The molecule has 1 aliphatic heterocycles. The number of halogens is 4. The highest BCUT2D eigenvalue weighted by Crippen LogP contribution is 2.36. The number of piperidine rings is 1. The van der Waals surface area contributed by atoms with Crippen LogP contribution in [0.25, 0.3) is 0 Å². The fourth-order valence-electron chi connectivity index (χ4n) is 2.52. The Hall–Kier alpha value is -0.940. The van der Waals surface area contributed by atoms with E-state index >= 15 is 0 Å². The number of benzene rings is 1. The molecule has 20 heavy (non-hydrogen) atoms. The van der Waals surface area contributed by atoms with Crippen LogP contribution in [-0.4, -0.2) is 24.4 Å². The molecule has 1 saturated heterocycles. The fourth-order valence-corrected chi connectivity index (χ4v) is 2.85. The molecule has 0 aromatic heterocycles. The second-order valence-electron chi connectivity index (χ2n) is 5.18. The third kappa shape index (κ3) is 3.38. The van der Waals surface area contributed by atoms with Crippen molar-refractivity contribution in [2.75, 3.05) is 18.0 Å². The van der Waals surface area contributed by atoms with Gasteiger partial charge >= 0.3 is 6.18 Å². The zero-order valence-electron chi connectivity index (χ0n) is 11.1. The van der Waals surface area contributed by atoms with Crippen LogP contribution < -0.4 is 4.90 Å². The van der Waals surface area contributed by atoms with Crippen LogP contribution >= 0.6 is 11.6 Å². The molecular formula is C14H17ClF3NO. The van der Waals surface area contributed by atoms with Crippen LogP contribution in [0.4, 0.5) is 18.9 Å². The van der Waals surface area contributed by atoms with Crippen LogP contribution in [0.15, 0.2) is 18.2 Å². The largest absolute Gasteiger partial charge is 0.391 e. The minimum Gasteiger partial charge on any atom is -0.389 e.